The van der Waals surface area contributed by atoms with Gasteiger partial charge >= 0.3 is 0 Å². The van der Waals surface area contributed by atoms with Crippen molar-refractivity contribution in [3.8, 4) is 11.5 Å². The van der Waals surface area contributed by atoms with Crippen LogP contribution in [0.2, 0.25) is 0 Å². The first-order chi connectivity index (χ1) is 12.9. The Morgan fingerprint density at radius 2 is 1.93 bits per heavy atom. The van der Waals surface area contributed by atoms with Gasteiger partial charge in [0.25, 0.3) is 0 Å². The molecule has 1 atom stereocenters. The summed E-state index contributed by atoms with van der Waals surface area (Å²) in [7, 11) is 5.08. The third-order valence-electron chi connectivity index (χ3n) is 4.19. The molecule has 1 unspecified atom stereocenters. The van der Waals surface area contributed by atoms with Gasteiger partial charge in [0.2, 0.25) is 5.91 Å². The van der Waals surface area contributed by atoms with E-state index in [2.05, 4.69) is 5.32 Å². The van der Waals surface area contributed by atoms with Gasteiger partial charge in [-0.25, -0.2) is 4.39 Å². The second-order valence-corrected chi connectivity index (χ2v) is 6.56. The van der Waals surface area contributed by atoms with Gasteiger partial charge in [0, 0.05) is 14.1 Å². The van der Waals surface area contributed by atoms with Crippen molar-refractivity contribution in [1.29, 1.82) is 0 Å². The van der Waals surface area contributed by atoms with E-state index in [0.717, 1.165) is 17.5 Å². The van der Waals surface area contributed by atoms with E-state index in [1.54, 1.807) is 32.2 Å². The van der Waals surface area contributed by atoms with Crippen LogP contribution in [0.5, 0.6) is 11.5 Å². The van der Waals surface area contributed by atoms with Crippen LogP contribution >= 0.6 is 0 Å². The van der Waals surface area contributed by atoms with Gasteiger partial charge in [-0.2, -0.15) is 0 Å². The molecule has 5 nitrogen and oxygen atoms in total. The molecule has 2 rings (SSSR count). The molecule has 6 heteroatoms. The van der Waals surface area contributed by atoms with Crippen molar-refractivity contribution in [3.05, 3.63) is 59.4 Å². The molecule has 0 saturated heterocycles. The summed E-state index contributed by atoms with van der Waals surface area (Å²) in [6, 6.07) is 11.8. The number of methoxy groups -OCH3 is 1. The van der Waals surface area contributed by atoms with Gasteiger partial charge in [0.1, 0.15) is 12.4 Å². The number of ether oxygens (including phenoxy) is 2. The number of halogens is 1. The van der Waals surface area contributed by atoms with Crippen LogP contribution in [0.25, 0.3) is 0 Å². The van der Waals surface area contributed by atoms with Crippen LogP contribution in [0.3, 0.4) is 0 Å². The zero-order chi connectivity index (χ0) is 19.8. The van der Waals surface area contributed by atoms with E-state index in [-0.39, 0.29) is 24.4 Å². The predicted molar refractivity (Wildman–Crippen MR) is 104 cm³/mol. The Kier molecular flexibility index (Phi) is 7.61. The quantitative estimate of drug-likeness (QED) is 0.733. The fourth-order valence-corrected chi connectivity index (χ4v) is 2.68. The predicted octanol–water partition coefficient (Wildman–Crippen LogP) is 3.02. The van der Waals surface area contributed by atoms with Crippen LogP contribution in [0.1, 0.15) is 18.1 Å². The molecule has 0 aromatic heterocycles. The highest BCUT2D eigenvalue weighted by atomic mass is 19.1. The van der Waals surface area contributed by atoms with Crippen molar-refractivity contribution in [2.75, 3.05) is 27.7 Å². The van der Waals surface area contributed by atoms with Crippen LogP contribution in [-0.2, 0) is 17.8 Å². The molecule has 0 spiro atoms. The molecule has 146 valence electrons. The summed E-state index contributed by atoms with van der Waals surface area (Å²) in [6.45, 7) is 2.79. The Morgan fingerprint density at radius 1 is 1.15 bits per heavy atom. The van der Waals surface area contributed by atoms with Crippen LogP contribution in [0.4, 0.5) is 4.39 Å². The summed E-state index contributed by atoms with van der Waals surface area (Å²) >= 11 is 0. The van der Waals surface area contributed by atoms with E-state index in [1.807, 2.05) is 31.2 Å². The summed E-state index contributed by atoms with van der Waals surface area (Å²) in [5.74, 6) is 0.998. The maximum Gasteiger partial charge on any atom is 0.238 e. The Labute approximate surface area is 160 Å². The minimum absolute atomic E-state index is 0.0497. The first kappa shape index (κ1) is 20.7. The highest BCUT2D eigenvalue weighted by Gasteiger charge is 2.13. The van der Waals surface area contributed by atoms with Gasteiger partial charge in [-0.1, -0.05) is 18.2 Å². The van der Waals surface area contributed by atoms with Crippen molar-refractivity contribution < 1.29 is 18.7 Å². The topological polar surface area (TPSA) is 50.8 Å². The number of nitrogens with one attached hydrogen (secondary N) is 1. The number of carbonyl (C=O) groups excluding carboxylic acids is 1. The molecule has 0 aliphatic heterocycles. The molecular weight excluding hydrogens is 347 g/mol. The van der Waals surface area contributed by atoms with Crippen molar-refractivity contribution in [1.82, 2.24) is 10.2 Å². The summed E-state index contributed by atoms with van der Waals surface area (Å²) in [4.78, 5) is 13.4. The maximum atomic E-state index is 13.3. The largest absolute Gasteiger partial charge is 0.493 e. The van der Waals surface area contributed by atoms with E-state index < -0.39 is 0 Å². The molecule has 0 saturated carbocycles. The number of hydrogen-bond acceptors (Lipinski definition) is 4. The average molecular weight is 374 g/mol. The fraction of sp³-hybridized carbons (Fsp3) is 0.381. The Balaban J connectivity index is 1.92. The van der Waals surface area contributed by atoms with E-state index in [1.165, 1.54) is 12.1 Å². The molecule has 0 heterocycles. The Morgan fingerprint density at radius 3 is 2.59 bits per heavy atom. The first-order valence-electron chi connectivity index (χ1n) is 8.89. The number of benzene rings is 2. The van der Waals surface area contributed by atoms with Crippen LogP contribution in [-0.4, -0.2) is 44.6 Å². The third kappa shape index (κ3) is 6.25. The number of nitrogens with zero attached hydrogens (tertiary/aromatic N) is 1. The molecule has 27 heavy (non-hydrogen) atoms. The number of amides is 1. The fourth-order valence-electron chi connectivity index (χ4n) is 2.68. The zero-order valence-electron chi connectivity index (χ0n) is 16.3. The minimum atomic E-state index is -0.284. The monoisotopic (exact) mass is 374 g/mol. The number of likely N-dealkylation sites (N-methyl/N-ethyl adjacent to an activating group) is 1. The van der Waals surface area contributed by atoms with E-state index in [0.29, 0.717) is 18.0 Å². The lowest BCUT2D eigenvalue weighted by atomic mass is 10.1. The lowest BCUT2D eigenvalue weighted by molar-refractivity contribution is -0.130. The summed E-state index contributed by atoms with van der Waals surface area (Å²) in [5.41, 5.74) is 1.83. The summed E-state index contributed by atoms with van der Waals surface area (Å²) in [5, 5.41) is 3.22. The molecule has 1 N–H and O–H groups in total. The normalized spacial score (nSPS) is 11.7. The number of carbonyl (C=O) groups is 1. The van der Waals surface area contributed by atoms with Gasteiger partial charge in [-0.15, -0.1) is 0 Å². The second kappa shape index (κ2) is 9.92. The van der Waals surface area contributed by atoms with Crippen LogP contribution in [0, 0.1) is 5.82 Å². The van der Waals surface area contributed by atoms with E-state index in [4.69, 9.17) is 9.47 Å². The standard InChI is InChI=1S/C21H27FN2O3/c1-15(21(25)24(2)3)23-11-10-16-8-9-19(20(13-16)26-4)27-14-17-6-5-7-18(22)12-17/h5-9,12-13,15,23H,10-11,14H2,1-4H3. The van der Waals surface area contributed by atoms with Crippen molar-refractivity contribution in [2.45, 2.75) is 26.0 Å². The number of hydrogen-bond donors (Lipinski definition) is 1. The molecule has 0 radical (unpaired) electrons. The molecule has 1 amide bonds. The lowest BCUT2D eigenvalue weighted by Gasteiger charge is -2.18. The maximum absolute atomic E-state index is 13.3. The molecule has 0 aliphatic carbocycles. The Bertz CT molecular complexity index is 765. The molecule has 0 bridgehead atoms. The molecule has 2 aromatic carbocycles. The average Bonchev–Trinajstić information content (AvgIpc) is 2.66. The molecule has 0 aliphatic rings. The highest BCUT2D eigenvalue weighted by molar-refractivity contribution is 5.80. The third-order valence-corrected chi connectivity index (χ3v) is 4.19. The van der Waals surface area contributed by atoms with Crippen LogP contribution in [0.15, 0.2) is 42.5 Å². The second-order valence-electron chi connectivity index (χ2n) is 6.56. The highest BCUT2D eigenvalue weighted by Crippen LogP contribution is 2.29. The van der Waals surface area contributed by atoms with Gasteiger partial charge < -0.3 is 19.7 Å². The van der Waals surface area contributed by atoms with Gasteiger partial charge in [-0.3, -0.25) is 4.79 Å². The first-order valence-corrected chi connectivity index (χ1v) is 8.89. The smallest absolute Gasteiger partial charge is 0.238 e. The van der Waals surface area contributed by atoms with Gasteiger partial charge in [-0.05, 0) is 55.3 Å². The molecule has 2 aromatic rings. The molecule has 0 fully saturated rings. The van der Waals surface area contributed by atoms with Gasteiger partial charge in [0.05, 0.1) is 13.2 Å². The molecular formula is C21H27FN2O3. The van der Waals surface area contributed by atoms with Crippen molar-refractivity contribution in [2.24, 2.45) is 0 Å². The van der Waals surface area contributed by atoms with E-state index >= 15 is 0 Å². The van der Waals surface area contributed by atoms with Gasteiger partial charge in [0.15, 0.2) is 11.5 Å². The van der Waals surface area contributed by atoms with Crippen molar-refractivity contribution >= 4 is 5.91 Å². The Hall–Kier alpha value is -2.60. The number of rotatable bonds is 9. The zero-order valence-corrected chi connectivity index (χ0v) is 16.3. The van der Waals surface area contributed by atoms with Crippen molar-refractivity contribution in [3.63, 3.8) is 0 Å². The minimum Gasteiger partial charge on any atom is -0.493 e. The SMILES string of the molecule is COc1cc(CCNC(C)C(=O)N(C)C)ccc1OCc1cccc(F)c1. The van der Waals surface area contributed by atoms with E-state index in [9.17, 15) is 9.18 Å². The van der Waals surface area contributed by atoms with Crippen LogP contribution < -0.4 is 14.8 Å². The summed E-state index contributed by atoms with van der Waals surface area (Å²) < 4.78 is 24.4. The summed E-state index contributed by atoms with van der Waals surface area (Å²) in [6.07, 6.45) is 0.756. The lowest BCUT2D eigenvalue weighted by Crippen LogP contribution is -2.42.